The molecule has 1 heterocycles. The molecule has 0 aromatic carbocycles. The van der Waals surface area contributed by atoms with Crippen molar-refractivity contribution in [1.29, 1.82) is 0 Å². The molecule has 2 aliphatic rings. The minimum Gasteiger partial charge on any atom is -0.281 e. The van der Waals surface area contributed by atoms with Gasteiger partial charge in [0.25, 0.3) is 0 Å². The summed E-state index contributed by atoms with van der Waals surface area (Å²) in [4.78, 5) is 4.07. The molecule has 1 aliphatic heterocycles. The van der Waals surface area contributed by atoms with Crippen molar-refractivity contribution < 1.29 is 0 Å². The Morgan fingerprint density at radius 2 is 2.00 bits per heavy atom. The van der Waals surface area contributed by atoms with E-state index in [0.717, 1.165) is 0 Å². The maximum atomic E-state index is 4.07. The molecule has 6 heavy (non-hydrogen) atoms. The van der Waals surface area contributed by atoms with Gasteiger partial charge in [-0.25, -0.2) is 0 Å². The summed E-state index contributed by atoms with van der Waals surface area (Å²) >= 11 is 0. The van der Waals surface area contributed by atoms with Crippen molar-refractivity contribution in [2.75, 3.05) is 0 Å². The molecule has 2 rings (SSSR count). The van der Waals surface area contributed by atoms with Crippen molar-refractivity contribution in [3.8, 4) is 0 Å². The van der Waals surface area contributed by atoms with Crippen LogP contribution in [0.2, 0.25) is 0 Å². The number of hydrogen-bond donors (Lipinski definition) is 0. The van der Waals surface area contributed by atoms with Gasteiger partial charge in [0.2, 0.25) is 0 Å². The Morgan fingerprint density at radius 3 is 2.00 bits per heavy atom. The van der Waals surface area contributed by atoms with Gasteiger partial charge in [0.1, 0.15) is 0 Å². The van der Waals surface area contributed by atoms with Gasteiger partial charge < -0.3 is 0 Å². The predicted octanol–water partition coefficient (Wildman–Crippen LogP) is 0.849. The van der Waals surface area contributed by atoms with Gasteiger partial charge in [-0.05, 0) is 0 Å². The van der Waals surface area contributed by atoms with Crippen LogP contribution in [0.5, 0.6) is 0 Å². The molecule has 1 unspecified atom stereocenters. The Kier molecular flexibility index (Phi) is 0.182. The molecule has 0 bridgehead atoms. The first-order valence-electron chi connectivity index (χ1n) is 2.31. The van der Waals surface area contributed by atoms with Crippen LogP contribution < -0.4 is 0 Å². The SMILES string of the molecule is CC1(C)C2=NC21. The Hall–Kier alpha value is -0.330. The van der Waals surface area contributed by atoms with Gasteiger partial charge in [0.15, 0.2) is 0 Å². The monoisotopic (exact) mass is 81.1 g/mol. The molecular weight excluding hydrogens is 74.1 g/mol. The number of rotatable bonds is 0. The summed E-state index contributed by atoms with van der Waals surface area (Å²) in [5, 5.41) is 0. The second-order valence-corrected chi connectivity index (χ2v) is 2.64. The zero-order valence-corrected chi connectivity index (χ0v) is 4.02. The third-order valence-electron chi connectivity index (χ3n) is 1.72. The highest BCUT2D eigenvalue weighted by molar-refractivity contribution is 6.22. The van der Waals surface area contributed by atoms with Crippen LogP contribution >= 0.6 is 0 Å². The van der Waals surface area contributed by atoms with E-state index in [9.17, 15) is 0 Å². The van der Waals surface area contributed by atoms with Gasteiger partial charge in [-0.15, -0.1) is 0 Å². The first-order chi connectivity index (χ1) is 2.73. The summed E-state index contributed by atoms with van der Waals surface area (Å²) in [5.74, 6) is 0. The third-order valence-corrected chi connectivity index (χ3v) is 1.72. The summed E-state index contributed by atoms with van der Waals surface area (Å²) in [5.41, 5.74) is 2.00. The maximum absolute atomic E-state index is 4.07. The summed E-state index contributed by atoms with van der Waals surface area (Å²) in [6.45, 7) is 4.47. The highest BCUT2D eigenvalue weighted by Crippen LogP contribution is 2.55. The molecule has 0 amide bonds. The summed E-state index contributed by atoms with van der Waals surface area (Å²) in [6.07, 6.45) is 0. The van der Waals surface area contributed by atoms with Crippen LogP contribution in [0.15, 0.2) is 4.99 Å². The molecule has 0 aromatic rings. The summed E-state index contributed by atoms with van der Waals surface area (Å²) in [7, 11) is 0. The molecule has 1 atom stereocenters. The van der Waals surface area contributed by atoms with Gasteiger partial charge in [-0.3, -0.25) is 4.99 Å². The van der Waals surface area contributed by atoms with Crippen LogP contribution in [0.4, 0.5) is 0 Å². The number of nitrogens with zero attached hydrogens (tertiary/aromatic N) is 1. The van der Waals surface area contributed by atoms with Gasteiger partial charge in [-0.1, -0.05) is 13.8 Å². The second kappa shape index (κ2) is 0.392. The van der Waals surface area contributed by atoms with Crippen LogP contribution in [0.1, 0.15) is 13.8 Å². The van der Waals surface area contributed by atoms with Crippen molar-refractivity contribution >= 4 is 5.71 Å². The average Bonchev–Trinajstić information content (AvgIpc) is 2.13. The Morgan fingerprint density at radius 1 is 1.67 bits per heavy atom. The minimum atomic E-state index is 0.556. The quantitative estimate of drug-likeness (QED) is 0.410. The molecule has 1 fully saturated rings. The zero-order chi connectivity index (χ0) is 4.36. The van der Waals surface area contributed by atoms with E-state index >= 15 is 0 Å². The fraction of sp³-hybridized carbons (Fsp3) is 0.800. The topological polar surface area (TPSA) is 12.4 Å². The van der Waals surface area contributed by atoms with E-state index in [4.69, 9.17) is 0 Å². The average molecular weight is 81.1 g/mol. The largest absolute Gasteiger partial charge is 0.281 e. The van der Waals surface area contributed by atoms with E-state index in [2.05, 4.69) is 18.8 Å². The van der Waals surface area contributed by atoms with E-state index in [0.29, 0.717) is 11.5 Å². The normalized spacial score (nSPS) is 43.7. The zero-order valence-electron chi connectivity index (χ0n) is 4.02. The van der Waals surface area contributed by atoms with Crippen molar-refractivity contribution in [2.45, 2.75) is 19.9 Å². The molecule has 1 aliphatic carbocycles. The standard InChI is InChI=1S/C5H7N/c1-5(2)3-4(5)6-3/h3H,1-2H3. The molecule has 0 aromatic heterocycles. The third kappa shape index (κ3) is 0.107. The lowest BCUT2D eigenvalue weighted by molar-refractivity contribution is 0.627. The predicted molar refractivity (Wildman–Crippen MR) is 25.0 cm³/mol. The summed E-state index contributed by atoms with van der Waals surface area (Å²) < 4.78 is 0. The lowest BCUT2D eigenvalue weighted by Crippen LogP contribution is -1.95. The highest BCUT2D eigenvalue weighted by atomic mass is 15.1. The van der Waals surface area contributed by atoms with E-state index in [1.807, 2.05) is 0 Å². The number of aliphatic imine (C=N–C) groups is 1. The van der Waals surface area contributed by atoms with Gasteiger partial charge >= 0.3 is 0 Å². The van der Waals surface area contributed by atoms with Gasteiger partial charge in [0.05, 0.1) is 6.04 Å². The van der Waals surface area contributed by atoms with E-state index in [1.165, 1.54) is 5.71 Å². The van der Waals surface area contributed by atoms with Crippen molar-refractivity contribution in [1.82, 2.24) is 0 Å². The van der Waals surface area contributed by atoms with Crippen LogP contribution in [-0.2, 0) is 0 Å². The maximum Gasteiger partial charge on any atom is 0.0986 e. The first-order valence-corrected chi connectivity index (χ1v) is 2.31. The fourth-order valence-electron chi connectivity index (χ4n) is 0.864. The highest BCUT2D eigenvalue weighted by Gasteiger charge is 2.65. The smallest absolute Gasteiger partial charge is 0.0986 e. The van der Waals surface area contributed by atoms with Crippen LogP contribution in [-0.4, -0.2) is 11.8 Å². The number of fused-ring (bicyclic) bond motifs is 1. The summed E-state index contributed by atoms with van der Waals surface area (Å²) in [6, 6.07) is 0.706. The Labute approximate surface area is 37.1 Å². The molecule has 0 spiro atoms. The van der Waals surface area contributed by atoms with E-state index in [-0.39, 0.29) is 0 Å². The van der Waals surface area contributed by atoms with Crippen LogP contribution in [0.25, 0.3) is 0 Å². The van der Waals surface area contributed by atoms with Crippen molar-refractivity contribution in [3.05, 3.63) is 0 Å². The molecular formula is C5H7N. The second-order valence-electron chi connectivity index (χ2n) is 2.64. The lowest BCUT2D eigenvalue weighted by Gasteiger charge is -1.95. The van der Waals surface area contributed by atoms with Crippen LogP contribution in [0.3, 0.4) is 0 Å². The molecule has 1 nitrogen and oxygen atoms in total. The Bertz CT molecular complexity index is 133. The molecule has 0 saturated heterocycles. The molecule has 1 saturated carbocycles. The van der Waals surface area contributed by atoms with Crippen LogP contribution in [0, 0.1) is 5.41 Å². The molecule has 0 radical (unpaired) electrons. The van der Waals surface area contributed by atoms with Gasteiger partial charge in [-0.2, -0.15) is 0 Å². The lowest BCUT2D eigenvalue weighted by atomic mass is 10.1. The molecule has 32 valence electrons. The minimum absolute atomic E-state index is 0.556. The fourth-order valence-corrected chi connectivity index (χ4v) is 0.864. The van der Waals surface area contributed by atoms with E-state index < -0.39 is 0 Å². The molecule has 1 heteroatoms. The van der Waals surface area contributed by atoms with Gasteiger partial charge in [0, 0.05) is 11.1 Å². The number of hydrogen-bond acceptors (Lipinski definition) is 1. The molecule has 0 N–H and O–H groups in total. The van der Waals surface area contributed by atoms with Crippen molar-refractivity contribution in [3.63, 3.8) is 0 Å². The van der Waals surface area contributed by atoms with E-state index in [1.54, 1.807) is 0 Å². The Balaban J connectivity index is 2.39. The van der Waals surface area contributed by atoms with Crippen molar-refractivity contribution in [2.24, 2.45) is 10.4 Å². The first kappa shape index (κ1) is 2.78.